The van der Waals surface area contributed by atoms with E-state index in [0.717, 1.165) is 37.4 Å². The van der Waals surface area contributed by atoms with Crippen molar-refractivity contribution in [2.75, 3.05) is 31.1 Å². The number of piperidine rings is 1. The molecule has 8 heteroatoms. The Kier molecular flexibility index (Phi) is 3.68. The number of hydrogen-bond donors (Lipinski definition) is 3. The van der Waals surface area contributed by atoms with E-state index in [1.54, 1.807) is 0 Å². The summed E-state index contributed by atoms with van der Waals surface area (Å²) in [4.78, 5) is 26.9. The molecule has 3 rings (SSSR count). The Morgan fingerprint density at radius 3 is 2.71 bits per heavy atom. The molecule has 1 aromatic heterocycles. The van der Waals surface area contributed by atoms with Crippen molar-refractivity contribution in [1.82, 2.24) is 25.7 Å². The van der Waals surface area contributed by atoms with Gasteiger partial charge >= 0.3 is 12.1 Å². The molecule has 0 atom stereocenters. The van der Waals surface area contributed by atoms with Crippen LogP contribution >= 0.6 is 0 Å². The molecular formula is C13H20N6O2. The van der Waals surface area contributed by atoms with Crippen molar-refractivity contribution in [2.24, 2.45) is 0 Å². The number of aromatic nitrogens is 2. The van der Waals surface area contributed by atoms with Crippen LogP contribution in [0.15, 0.2) is 6.07 Å². The number of nitrogens with zero attached hydrogens (tertiary/aromatic N) is 3. The van der Waals surface area contributed by atoms with E-state index in [-0.39, 0.29) is 18.1 Å². The number of rotatable bonds is 2. The third-order valence-electron chi connectivity index (χ3n) is 3.94. The number of urea groups is 2. The van der Waals surface area contributed by atoms with Gasteiger partial charge in [0.15, 0.2) is 5.82 Å². The molecule has 0 aliphatic carbocycles. The van der Waals surface area contributed by atoms with Crippen molar-refractivity contribution in [3.05, 3.63) is 11.8 Å². The second kappa shape index (κ2) is 5.63. The van der Waals surface area contributed by atoms with Gasteiger partial charge in [-0.05, 0) is 19.8 Å². The molecule has 2 aliphatic heterocycles. The SMILES string of the molecule is Cc1cc(N2CCC(NC(=O)N3CCNC3=O)CC2)n[nH]1. The van der Waals surface area contributed by atoms with Gasteiger partial charge in [0.1, 0.15) is 0 Å². The minimum Gasteiger partial charge on any atom is -0.355 e. The summed E-state index contributed by atoms with van der Waals surface area (Å²) in [6, 6.07) is 1.53. The van der Waals surface area contributed by atoms with Crippen LogP contribution in [0.25, 0.3) is 0 Å². The molecule has 114 valence electrons. The first-order valence-corrected chi connectivity index (χ1v) is 7.26. The molecule has 2 saturated heterocycles. The van der Waals surface area contributed by atoms with Crippen LogP contribution in [-0.4, -0.2) is 59.4 Å². The molecular weight excluding hydrogens is 272 g/mol. The number of hydrogen-bond acceptors (Lipinski definition) is 4. The Morgan fingerprint density at radius 1 is 1.38 bits per heavy atom. The Labute approximate surface area is 122 Å². The van der Waals surface area contributed by atoms with Crippen molar-refractivity contribution in [3.63, 3.8) is 0 Å². The minimum atomic E-state index is -0.308. The van der Waals surface area contributed by atoms with Gasteiger partial charge in [0, 0.05) is 44.0 Å². The number of nitrogens with one attached hydrogen (secondary N) is 3. The second-order valence-electron chi connectivity index (χ2n) is 5.50. The van der Waals surface area contributed by atoms with E-state index in [9.17, 15) is 9.59 Å². The van der Waals surface area contributed by atoms with Gasteiger partial charge in [0.05, 0.1) is 0 Å². The highest BCUT2D eigenvalue weighted by molar-refractivity contribution is 5.95. The number of amides is 4. The van der Waals surface area contributed by atoms with E-state index < -0.39 is 0 Å². The Balaban J connectivity index is 1.49. The summed E-state index contributed by atoms with van der Waals surface area (Å²) in [6.07, 6.45) is 1.71. The molecule has 0 radical (unpaired) electrons. The molecule has 2 aliphatic rings. The van der Waals surface area contributed by atoms with E-state index in [0.29, 0.717) is 13.1 Å². The number of H-pyrrole nitrogens is 1. The number of aryl methyl sites for hydroxylation is 1. The standard InChI is InChI=1S/C13H20N6O2/c1-9-8-11(17-16-9)18-5-2-10(3-6-18)15-13(21)19-7-4-14-12(19)20/h8,10H,2-7H2,1H3,(H,14,20)(H,15,21)(H,16,17). The fraction of sp³-hybridized carbons (Fsp3) is 0.615. The van der Waals surface area contributed by atoms with Gasteiger partial charge in [-0.25, -0.2) is 14.5 Å². The molecule has 1 aromatic rings. The first-order valence-electron chi connectivity index (χ1n) is 7.26. The highest BCUT2D eigenvalue weighted by Gasteiger charge is 2.29. The zero-order valence-electron chi connectivity index (χ0n) is 12.1. The lowest BCUT2D eigenvalue weighted by Crippen LogP contribution is -2.50. The van der Waals surface area contributed by atoms with Gasteiger partial charge in [-0.2, -0.15) is 5.10 Å². The first kappa shape index (κ1) is 13.7. The van der Waals surface area contributed by atoms with Crippen LogP contribution < -0.4 is 15.5 Å². The van der Waals surface area contributed by atoms with Crippen LogP contribution in [0.1, 0.15) is 18.5 Å². The van der Waals surface area contributed by atoms with Crippen molar-refractivity contribution in [3.8, 4) is 0 Å². The fourth-order valence-electron chi connectivity index (χ4n) is 2.74. The lowest BCUT2D eigenvalue weighted by molar-refractivity contribution is 0.194. The second-order valence-corrected chi connectivity index (χ2v) is 5.50. The van der Waals surface area contributed by atoms with Crippen LogP contribution in [0.2, 0.25) is 0 Å². The fourth-order valence-corrected chi connectivity index (χ4v) is 2.74. The third kappa shape index (κ3) is 2.93. The van der Waals surface area contributed by atoms with Crippen LogP contribution in [0.3, 0.4) is 0 Å². The number of anilines is 1. The summed E-state index contributed by atoms with van der Waals surface area (Å²) in [5.74, 6) is 0.955. The van der Waals surface area contributed by atoms with Gasteiger partial charge in [0.25, 0.3) is 0 Å². The van der Waals surface area contributed by atoms with Gasteiger partial charge < -0.3 is 15.5 Å². The van der Waals surface area contributed by atoms with E-state index in [4.69, 9.17) is 0 Å². The van der Waals surface area contributed by atoms with Crippen LogP contribution in [-0.2, 0) is 0 Å². The maximum atomic E-state index is 12.0. The molecule has 3 heterocycles. The van der Waals surface area contributed by atoms with Crippen molar-refractivity contribution in [1.29, 1.82) is 0 Å². The molecule has 21 heavy (non-hydrogen) atoms. The molecule has 0 aromatic carbocycles. The Hall–Kier alpha value is -2.25. The van der Waals surface area contributed by atoms with Crippen LogP contribution in [0.4, 0.5) is 15.4 Å². The average molecular weight is 292 g/mol. The zero-order valence-corrected chi connectivity index (χ0v) is 12.1. The number of carbonyl (C=O) groups is 2. The molecule has 4 amide bonds. The monoisotopic (exact) mass is 292 g/mol. The van der Waals surface area contributed by atoms with Crippen molar-refractivity contribution >= 4 is 17.9 Å². The largest absolute Gasteiger partial charge is 0.355 e. The van der Waals surface area contributed by atoms with Crippen molar-refractivity contribution < 1.29 is 9.59 Å². The highest BCUT2D eigenvalue weighted by atomic mass is 16.2. The zero-order chi connectivity index (χ0) is 14.8. The maximum Gasteiger partial charge on any atom is 0.325 e. The lowest BCUT2D eigenvalue weighted by Gasteiger charge is -2.32. The van der Waals surface area contributed by atoms with Crippen LogP contribution in [0, 0.1) is 6.92 Å². The Morgan fingerprint density at radius 2 is 2.14 bits per heavy atom. The van der Waals surface area contributed by atoms with Gasteiger partial charge in [-0.15, -0.1) is 0 Å². The third-order valence-corrected chi connectivity index (χ3v) is 3.94. The summed E-state index contributed by atoms with van der Waals surface area (Å²) < 4.78 is 0. The molecule has 3 N–H and O–H groups in total. The average Bonchev–Trinajstić information content (AvgIpc) is 3.08. The summed E-state index contributed by atoms with van der Waals surface area (Å²) in [5, 5.41) is 12.8. The molecule has 2 fully saturated rings. The van der Waals surface area contributed by atoms with E-state index >= 15 is 0 Å². The first-order chi connectivity index (χ1) is 10.1. The Bertz CT molecular complexity index is 535. The van der Waals surface area contributed by atoms with E-state index in [1.807, 2.05) is 13.0 Å². The molecule has 0 saturated carbocycles. The van der Waals surface area contributed by atoms with Gasteiger partial charge in [0.2, 0.25) is 0 Å². The lowest BCUT2D eigenvalue weighted by atomic mass is 10.1. The molecule has 0 spiro atoms. The topological polar surface area (TPSA) is 93.4 Å². The normalized spacial score (nSPS) is 19.8. The summed E-state index contributed by atoms with van der Waals surface area (Å²) >= 11 is 0. The number of imide groups is 1. The highest BCUT2D eigenvalue weighted by Crippen LogP contribution is 2.18. The smallest absolute Gasteiger partial charge is 0.325 e. The van der Waals surface area contributed by atoms with E-state index in [1.165, 1.54) is 4.90 Å². The number of carbonyl (C=O) groups excluding carboxylic acids is 2. The predicted octanol–water partition coefficient (Wildman–Crippen LogP) is 0.422. The van der Waals surface area contributed by atoms with Gasteiger partial charge in [-0.1, -0.05) is 0 Å². The quantitative estimate of drug-likeness (QED) is 0.736. The molecule has 0 unspecified atom stereocenters. The predicted molar refractivity (Wildman–Crippen MR) is 77.2 cm³/mol. The summed E-state index contributed by atoms with van der Waals surface area (Å²) in [6.45, 7) is 4.65. The maximum absolute atomic E-state index is 12.0. The van der Waals surface area contributed by atoms with E-state index in [2.05, 4.69) is 25.7 Å². The summed E-state index contributed by atoms with van der Waals surface area (Å²) in [5.41, 5.74) is 1.04. The molecule has 0 bridgehead atoms. The number of aromatic amines is 1. The summed E-state index contributed by atoms with van der Waals surface area (Å²) in [7, 11) is 0. The molecule has 8 nitrogen and oxygen atoms in total. The van der Waals surface area contributed by atoms with Crippen molar-refractivity contribution in [2.45, 2.75) is 25.8 Å². The van der Waals surface area contributed by atoms with Crippen LogP contribution in [0.5, 0.6) is 0 Å². The minimum absolute atomic E-state index is 0.113. The van der Waals surface area contributed by atoms with Gasteiger partial charge in [-0.3, -0.25) is 5.10 Å².